The average molecular weight is 268 g/mol. The lowest BCUT2D eigenvalue weighted by Crippen LogP contribution is -2.02. The van der Waals surface area contributed by atoms with Crippen molar-refractivity contribution in [3.63, 3.8) is 0 Å². The largest absolute Gasteiger partial charge is 0.497 e. The zero-order valence-corrected chi connectivity index (χ0v) is 11.5. The molecular formula is C17H16O3. The molecule has 3 heteroatoms. The molecule has 0 unspecified atom stereocenters. The number of benzene rings is 2. The third-order valence-electron chi connectivity index (χ3n) is 2.94. The summed E-state index contributed by atoms with van der Waals surface area (Å²) in [7, 11) is 3.02. The summed E-state index contributed by atoms with van der Waals surface area (Å²) in [5.41, 5.74) is 2.42. The van der Waals surface area contributed by atoms with Gasteiger partial charge in [0.1, 0.15) is 5.75 Å². The van der Waals surface area contributed by atoms with Crippen molar-refractivity contribution in [2.24, 2.45) is 0 Å². The predicted molar refractivity (Wildman–Crippen MR) is 79.7 cm³/mol. The van der Waals surface area contributed by atoms with Crippen molar-refractivity contribution >= 4 is 18.1 Å². The van der Waals surface area contributed by atoms with E-state index in [2.05, 4.69) is 0 Å². The third kappa shape index (κ3) is 3.26. The number of methoxy groups -OCH3 is 2. The van der Waals surface area contributed by atoms with Crippen LogP contribution in [0, 0.1) is 0 Å². The molecule has 3 nitrogen and oxygen atoms in total. The highest BCUT2D eigenvalue weighted by molar-refractivity contribution is 5.94. The molecule has 0 radical (unpaired) electrons. The third-order valence-corrected chi connectivity index (χ3v) is 2.94. The van der Waals surface area contributed by atoms with Gasteiger partial charge >= 0.3 is 5.97 Å². The van der Waals surface area contributed by atoms with E-state index in [1.54, 1.807) is 13.2 Å². The van der Waals surface area contributed by atoms with Crippen molar-refractivity contribution in [2.45, 2.75) is 0 Å². The molecule has 0 aliphatic carbocycles. The number of rotatable bonds is 4. The van der Waals surface area contributed by atoms with E-state index in [0.717, 1.165) is 16.9 Å². The van der Waals surface area contributed by atoms with Crippen molar-refractivity contribution in [3.8, 4) is 5.75 Å². The second-order valence-corrected chi connectivity index (χ2v) is 4.19. The van der Waals surface area contributed by atoms with Gasteiger partial charge in [-0.05, 0) is 29.3 Å². The van der Waals surface area contributed by atoms with Crippen molar-refractivity contribution < 1.29 is 14.3 Å². The Kier molecular flexibility index (Phi) is 4.56. The van der Waals surface area contributed by atoms with Crippen LogP contribution in [0.3, 0.4) is 0 Å². The molecule has 0 amide bonds. The van der Waals surface area contributed by atoms with Crippen LogP contribution in [0.25, 0.3) is 12.2 Å². The van der Waals surface area contributed by atoms with Crippen LogP contribution in [-0.4, -0.2) is 20.2 Å². The highest BCUT2D eigenvalue weighted by Crippen LogP contribution is 2.16. The Morgan fingerprint density at radius 2 is 1.65 bits per heavy atom. The van der Waals surface area contributed by atoms with E-state index >= 15 is 0 Å². The van der Waals surface area contributed by atoms with E-state index in [4.69, 9.17) is 9.47 Å². The summed E-state index contributed by atoms with van der Waals surface area (Å²) in [5.74, 6) is 0.483. The fraction of sp³-hybridized carbons (Fsp3) is 0.118. The first-order chi connectivity index (χ1) is 9.74. The smallest absolute Gasteiger partial charge is 0.338 e. The highest BCUT2D eigenvalue weighted by atomic mass is 16.5. The van der Waals surface area contributed by atoms with Crippen LogP contribution >= 0.6 is 0 Å². The Hall–Kier alpha value is -2.55. The van der Waals surface area contributed by atoms with Gasteiger partial charge in [0.15, 0.2) is 0 Å². The number of hydrogen-bond donors (Lipinski definition) is 0. The van der Waals surface area contributed by atoms with Gasteiger partial charge in [0, 0.05) is 0 Å². The number of ether oxygens (including phenoxy) is 2. The maximum atomic E-state index is 11.7. The molecule has 0 aliphatic rings. The number of carbonyl (C=O) groups is 1. The Labute approximate surface area is 118 Å². The molecule has 0 spiro atoms. The van der Waals surface area contributed by atoms with Gasteiger partial charge in [0.05, 0.1) is 19.8 Å². The Morgan fingerprint density at radius 1 is 0.950 bits per heavy atom. The molecule has 0 bridgehead atoms. The lowest BCUT2D eigenvalue weighted by Gasteiger charge is -2.03. The first-order valence-electron chi connectivity index (χ1n) is 6.24. The van der Waals surface area contributed by atoms with Gasteiger partial charge in [-0.2, -0.15) is 0 Å². The van der Waals surface area contributed by atoms with Crippen LogP contribution in [-0.2, 0) is 4.74 Å². The van der Waals surface area contributed by atoms with E-state index in [1.807, 2.05) is 54.6 Å². The summed E-state index contributed by atoms with van der Waals surface area (Å²) in [6.45, 7) is 0. The second kappa shape index (κ2) is 6.57. The first kappa shape index (κ1) is 13.9. The van der Waals surface area contributed by atoms with Crippen LogP contribution < -0.4 is 4.74 Å². The van der Waals surface area contributed by atoms with Crippen molar-refractivity contribution in [1.29, 1.82) is 0 Å². The van der Waals surface area contributed by atoms with Crippen LogP contribution in [0.5, 0.6) is 5.75 Å². The Morgan fingerprint density at radius 3 is 2.30 bits per heavy atom. The standard InChI is InChI=1S/C17H16O3/c1-19-15-11-8-13(9-12-15)7-10-14-5-3-4-6-16(14)17(18)20-2/h3-12H,1-2H3. The van der Waals surface area contributed by atoms with Crippen molar-refractivity contribution in [3.05, 3.63) is 65.2 Å². The molecule has 0 aromatic heterocycles. The van der Waals surface area contributed by atoms with Gasteiger partial charge in [0.2, 0.25) is 0 Å². The monoisotopic (exact) mass is 268 g/mol. The number of hydrogen-bond acceptors (Lipinski definition) is 3. The SMILES string of the molecule is COC(=O)c1ccccc1C=Cc1ccc(OC)cc1. The second-order valence-electron chi connectivity index (χ2n) is 4.19. The fourth-order valence-corrected chi connectivity index (χ4v) is 1.84. The molecule has 2 aromatic rings. The summed E-state index contributed by atoms with van der Waals surface area (Å²) in [6, 6.07) is 15.0. The maximum absolute atomic E-state index is 11.7. The van der Waals surface area contributed by atoms with E-state index in [0.29, 0.717) is 5.56 Å². The van der Waals surface area contributed by atoms with Crippen LogP contribution in [0.15, 0.2) is 48.5 Å². The molecule has 2 aromatic carbocycles. The van der Waals surface area contributed by atoms with Crippen LogP contribution in [0.4, 0.5) is 0 Å². The minimum atomic E-state index is -0.333. The molecule has 0 aliphatic heterocycles. The number of esters is 1. The molecule has 0 saturated heterocycles. The zero-order chi connectivity index (χ0) is 14.4. The average Bonchev–Trinajstić information content (AvgIpc) is 2.53. The molecule has 20 heavy (non-hydrogen) atoms. The minimum absolute atomic E-state index is 0.333. The molecule has 0 heterocycles. The van der Waals surface area contributed by atoms with Crippen LogP contribution in [0.2, 0.25) is 0 Å². The van der Waals surface area contributed by atoms with Gasteiger partial charge < -0.3 is 9.47 Å². The maximum Gasteiger partial charge on any atom is 0.338 e. The predicted octanol–water partition coefficient (Wildman–Crippen LogP) is 3.65. The molecular weight excluding hydrogens is 252 g/mol. The van der Waals surface area contributed by atoms with Gasteiger partial charge in [-0.15, -0.1) is 0 Å². The Bertz CT molecular complexity index is 612. The molecule has 0 atom stereocenters. The summed E-state index contributed by atoms with van der Waals surface area (Å²) in [6.07, 6.45) is 3.84. The van der Waals surface area contributed by atoms with E-state index in [1.165, 1.54) is 7.11 Å². The quantitative estimate of drug-likeness (QED) is 0.627. The summed E-state index contributed by atoms with van der Waals surface area (Å²) in [4.78, 5) is 11.7. The molecule has 102 valence electrons. The van der Waals surface area contributed by atoms with Gasteiger partial charge in [0.25, 0.3) is 0 Å². The van der Waals surface area contributed by atoms with E-state index < -0.39 is 0 Å². The highest BCUT2D eigenvalue weighted by Gasteiger charge is 2.08. The van der Waals surface area contributed by atoms with Crippen molar-refractivity contribution in [2.75, 3.05) is 14.2 Å². The summed E-state index contributed by atoms with van der Waals surface area (Å²) < 4.78 is 9.88. The first-order valence-corrected chi connectivity index (χ1v) is 6.24. The molecule has 0 saturated carbocycles. The molecule has 0 N–H and O–H groups in total. The molecule has 2 rings (SSSR count). The topological polar surface area (TPSA) is 35.5 Å². The lowest BCUT2D eigenvalue weighted by molar-refractivity contribution is 0.0600. The normalized spacial score (nSPS) is 10.5. The van der Waals surface area contributed by atoms with E-state index in [9.17, 15) is 4.79 Å². The zero-order valence-electron chi connectivity index (χ0n) is 11.5. The minimum Gasteiger partial charge on any atom is -0.497 e. The molecule has 0 fully saturated rings. The van der Waals surface area contributed by atoms with Crippen LogP contribution in [0.1, 0.15) is 21.5 Å². The van der Waals surface area contributed by atoms with Crippen molar-refractivity contribution in [1.82, 2.24) is 0 Å². The van der Waals surface area contributed by atoms with Gasteiger partial charge in [-0.1, -0.05) is 42.5 Å². The van der Waals surface area contributed by atoms with Gasteiger partial charge in [-0.25, -0.2) is 4.79 Å². The van der Waals surface area contributed by atoms with Gasteiger partial charge in [-0.3, -0.25) is 0 Å². The summed E-state index contributed by atoms with van der Waals surface area (Å²) in [5, 5.41) is 0. The fourth-order valence-electron chi connectivity index (χ4n) is 1.84. The summed E-state index contributed by atoms with van der Waals surface area (Å²) >= 11 is 0. The number of carbonyl (C=O) groups excluding carboxylic acids is 1. The lowest BCUT2D eigenvalue weighted by atomic mass is 10.1. The van der Waals surface area contributed by atoms with E-state index in [-0.39, 0.29) is 5.97 Å². The Balaban J connectivity index is 2.24.